The maximum atomic E-state index is 13.0. The highest BCUT2D eigenvalue weighted by Crippen LogP contribution is 2.26. The fraction of sp³-hybridized carbons (Fsp3) is 0.214. The highest BCUT2D eigenvalue weighted by Gasteiger charge is 2.35. The summed E-state index contributed by atoms with van der Waals surface area (Å²) in [6.45, 7) is 4.95. The molecule has 0 atom stereocenters. The summed E-state index contributed by atoms with van der Waals surface area (Å²) in [5.74, 6) is -0.484. The zero-order valence-corrected chi connectivity index (χ0v) is 15.8. The molecule has 0 radical (unpaired) electrons. The SMILES string of the molecule is Cc1nc(N(C(N)=O)S(=O)(=O)c2ccccc2S(N)(=O)=O)nc(C)c1C. The van der Waals surface area contributed by atoms with E-state index in [1.165, 1.54) is 12.1 Å². The third-order valence-electron chi connectivity index (χ3n) is 3.68. The van der Waals surface area contributed by atoms with E-state index >= 15 is 0 Å². The highest BCUT2D eigenvalue weighted by atomic mass is 32.2. The first-order valence-electron chi connectivity index (χ1n) is 7.15. The van der Waals surface area contributed by atoms with Crippen LogP contribution in [-0.4, -0.2) is 32.8 Å². The normalized spacial score (nSPS) is 12.0. The lowest BCUT2D eigenvalue weighted by molar-refractivity contribution is 0.256. The predicted molar refractivity (Wildman–Crippen MR) is 93.3 cm³/mol. The lowest BCUT2D eigenvalue weighted by atomic mass is 10.2. The van der Waals surface area contributed by atoms with Crippen molar-refractivity contribution in [1.29, 1.82) is 0 Å². The van der Waals surface area contributed by atoms with Crippen LogP contribution in [0.2, 0.25) is 0 Å². The first-order chi connectivity index (χ1) is 11.9. The Morgan fingerprint density at radius 1 is 0.962 bits per heavy atom. The Hall–Kier alpha value is -2.57. The van der Waals surface area contributed by atoms with Crippen molar-refractivity contribution in [2.45, 2.75) is 30.6 Å². The number of hydrogen-bond acceptors (Lipinski definition) is 7. The number of carbonyl (C=O) groups excluding carboxylic acids is 1. The van der Waals surface area contributed by atoms with Crippen molar-refractivity contribution in [2.24, 2.45) is 10.9 Å². The molecule has 4 N–H and O–H groups in total. The molecular weight excluding hydrogens is 382 g/mol. The van der Waals surface area contributed by atoms with Gasteiger partial charge >= 0.3 is 6.03 Å². The second-order valence-corrected chi connectivity index (χ2v) is 8.70. The summed E-state index contributed by atoms with van der Waals surface area (Å²) >= 11 is 0. The predicted octanol–water partition coefficient (Wildman–Crippen LogP) is 0.323. The number of nitrogens with two attached hydrogens (primary N) is 2. The highest BCUT2D eigenvalue weighted by molar-refractivity contribution is 7.95. The summed E-state index contributed by atoms with van der Waals surface area (Å²) in [5.41, 5.74) is 6.82. The van der Waals surface area contributed by atoms with Crippen LogP contribution in [0.3, 0.4) is 0 Å². The molecule has 140 valence electrons. The topological polar surface area (TPSA) is 166 Å². The lowest BCUT2D eigenvalue weighted by Gasteiger charge is -2.20. The molecule has 2 aromatic rings. The third-order valence-corrected chi connectivity index (χ3v) is 6.51. The zero-order chi connectivity index (χ0) is 19.9. The van der Waals surface area contributed by atoms with E-state index in [4.69, 9.17) is 10.9 Å². The van der Waals surface area contributed by atoms with Crippen molar-refractivity contribution in [3.63, 3.8) is 0 Å². The van der Waals surface area contributed by atoms with Gasteiger partial charge in [-0.3, -0.25) is 0 Å². The van der Waals surface area contributed by atoms with Crippen molar-refractivity contribution >= 4 is 32.0 Å². The number of primary sulfonamides is 1. The average molecular weight is 399 g/mol. The van der Waals surface area contributed by atoms with E-state index < -0.39 is 41.8 Å². The Morgan fingerprint density at radius 2 is 1.42 bits per heavy atom. The van der Waals surface area contributed by atoms with Crippen molar-refractivity contribution < 1.29 is 21.6 Å². The quantitative estimate of drug-likeness (QED) is 0.746. The summed E-state index contributed by atoms with van der Waals surface area (Å²) in [6.07, 6.45) is 0. The van der Waals surface area contributed by atoms with Crippen LogP contribution in [0.25, 0.3) is 0 Å². The number of urea groups is 1. The van der Waals surface area contributed by atoms with Crippen molar-refractivity contribution in [1.82, 2.24) is 9.97 Å². The molecule has 0 bridgehead atoms. The molecule has 0 spiro atoms. The van der Waals surface area contributed by atoms with Gasteiger partial charge in [-0.05, 0) is 38.5 Å². The first-order valence-corrected chi connectivity index (χ1v) is 10.1. The van der Waals surface area contributed by atoms with E-state index in [-0.39, 0.29) is 4.31 Å². The van der Waals surface area contributed by atoms with Crippen LogP contribution in [-0.2, 0) is 20.0 Å². The van der Waals surface area contributed by atoms with Gasteiger partial charge in [-0.25, -0.2) is 36.7 Å². The number of amides is 2. The molecule has 2 amide bonds. The monoisotopic (exact) mass is 399 g/mol. The van der Waals surface area contributed by atoms with Gasteiger partial charge in [-0.2, -0.15) is 0 Å². The Balaban J connectivity index is 2.79. The van der Waals surface area contributed by atoms with Gasteiger partial charge in [0.05, 0.1) is 0 Å². The molecule has 26 heavy (non-hydrogen) atoms. The minimum Gasteiger partial charge on any atom is -0.350 e. The van der Waals surface area contributed by atoms with E-state index in [1.54, 1.807) is 20.8 Å². The van der Waals surface area contributed by atoms with E-state index in [0.29, 0.717) is 17.0 Å². The maximum absolute atomic E-state index is 13.0. The van der Waals surface area contributed by atoms with Crippen LogP contribution < -0.4 is 15.2 Å². The molecule has 0 fully saturated rings. The Morgan fingerprint density at radius 3 is 1.85 bits per heavy atom. The smallest absolute Gasteiger partial charge is 0.336 e. The minimum atomic E-state index is -4.74. The molecule has 12 heteroatoms. The van der Waals surface area contributed by atoms with Gasteiger partial charge in [-0.1, -0.05) is 12.1 Å². The van der Waals surface area contributed by atoms with Crippen molar-refractivity contribution in [3.05, 3.63) is 41.2 Å². The fourth-order valence-corrected chi connectivity index (χ4v) is 4.75. The molecule has 0 saturated heterocycles. The lowest BCUT2D eigenvalue weighted by Crippen LogP contribution is -2.42. The van der Waals surface area contributed by atoms with Gasteiger partial charge in [-0.15, -0.1) is 4.31 Å². The molecule has 0 aliphatic heterocycles. The second kappa shape index (κ2) is 6.63. The molecule has 10 nitrogen and oxygen atoms in total. The van der Waals surface area contributed by atoms with Gasteiger partial charge in [0.15, 0.2) is 0 Å². The van der Waals surface area contributed by atoms with Crippen LogP contribution in [0, 0.1) is 20.8 Å². The van der Waals surface area contributed by atoms with Crippen LogP contribution in [0.4, 0.5) is 10.7 Å². The van der Waals surface area contributed by atoms with Gasteiger partial charge < -0.3 is 5.73 Å². The number of benzene rings is 1. The van der Waals surface area contributed by atoms with Gasteiger partial charge in [0.2, 0.25) is 16.0 Å². The second-order valence-electron chi connectivity index (χ2n) is 5.42. The molecule has 0 saturated carbocycles. The molecule has 1 aromatic heterocycles. The van der Waals surface area contributed by atoms with Crippen LogP contribution >= 0.6 is 0 Å². The minimum absolute atomic E-state index is 0.149. The Bertz CT molecular complexity index is 1070. The van der Waals surface area contributed by atoms with Gasteiger partial charge in [0.25, 0.3) is 10.0 Å². The summed E-state index contributed by atoms with van der Waals surface area (Å²) in [4.78, 5) is 18.5. The molecule has 0 aliphatic carbocycles. The van der Waals surface area contributed by atoms with E-state index in [1.807, 2.05) is 0 Å². The van der Waals surface area contributed by atoms with Crippen molar-refractivity contribution in [3.8, 4) is 0 Å². The van der Waals surface area contributed by atoms with Gasteiger partial charge in [0, 0.05) is 11.4 Å². The molecule has 0 aliphatic rings. The van der Waals surface area contributed by atoms with Crippen LogP contribution in [0.15, 0.2) is 34.1 Å². The summed E-state index contributed by atoms with van der Waals surface area (Å²) in [5, 5.41) is 5.08. The maximum Gasteiger partial charge on any atom is 0.336 e. The molecular formula is C14H17N5O5S2. The Kier molecular flexibility index (Phi) is 5.03. The molecule has 0 unspecified atom stereocenters. The number of aromatic nitrogens is 2. The number of rotatable bonds is 4. The summed E-state index contributed by atoms with van der Waals surface area (Å²) < 4.78 is 49.6. The standard InChI is InChI=1S/C14H17N5O5S2/c1-8-9(2)17-14(18-10(8)3)19(13(15)20)26(23,24)12-7-5-4-6-11(12)25(16,21)22/h4-7H,1-3H3,(H2,15,20)(H2,16,21,22). The molecule has 1 heterocycles. The van der Waals surface area contributed by atoms with E-state index in [9.17, 15) is 21.6 Å². The average Bonchev–Trinajstić information content (AvgIpc) is 2.51. The van der Waals surface area contributed by atoms with Crippen LogP contribution in [0.1, 0.15) is 17.0 Å². The molecule has 1 aromatic carbocycles. The van der Waals surface area contributed by atoms with Crippen LogP contribution in [0.5, 0.6) is 0 Å². The summed E-state index contributed by atoms with van der Waals surface area (Å²) in [7, 11) is -9.12. The van der Waals surface area contributed by atoms with Crippen molar-refractivity contribution in [2.75, 3.05) is 4.31 Å². The number of sulfonamides is 2. The summed E-state index contributed by atoms with van der Waals surface area (Å²) in [6, 6.07) is 3.20. The molecule has 2 rings (SSSR count). The number of primary amides is 1. The number of carbonyl (C=O) groups is 1. The number of hydrogen-bond donors (Lipinski definition) is 2. The van der Waals surface area contributed by atoms with E-state index in [2.05, 4.69) is 9.97 Å². The number of nitrogens with zero attached hydrogens (tertiary/aromatic N) is 3. The van der Waals surface area contributed by atoms with Gasteiger partial charge in [0.1, 0.15) is 9.79 Å². The fourth-order valence-electron chi connectivity index (χ4n) is 2.17. The first kappa shape index (κ1) is 19.8. The van der Waals surface area contributed by atoms with E-state index in [0.717, 1.165) is 12.1 Å². The zero-order valence-electron chi connectivity index (χ0n) is 14.2. The largest absolute Gasteiger partial charge is 0.350 e. The number of aryl methyl sites for hydroxylation is 2. The Labute approximate surface area is 151 Å². The number of anilines is 1. The third kappa shape index (κ3) is 3.52.